The highest BCUT2D eigenvalue weighted by Crippen LogP contribution is 2.21. The molecule has 1 N–H and O–H groups in total. The van der Waals surface area contributed by atoms with Crippen LogP contribution in [0.4, 0.5) is 0 Å². The van der Waals surface area contributed by atoms with Crippen molar-refractivity contribution in [2.45, 2.75) is 83.5 Å². The largest absolute Gasteiger partial charge is 0.458 e. The maximum atomic E-state index is 13.3. The molecule has 1 aliphatic heterocycles. The summed E-state index contributed by atoms with van der Waals surface area (Å²) in [5.41, 5.74) is 0. The number of amides is 2. The van der Waals surface area contributed by atoms with Crippen LogP contribution in [-0.2, 0) is 20.9 Å². The molecule has 10 heteroatoms. The Morgan fingerprint density at radius 1 is 1.25 bits per heavy atom. The van der Waals surface area contributed by atoms with E-state index in [1.54, 1.807) is 11.0 Å². The molecule has 0 bridgehead atoms. The number of carbonyl (C=O) groups is 2. The van der Waals surface area contributed by atoms with Gasteiger partial charge in [0.1, 0.15) is 18.3 Å². The Balaban J connectivity index is 1.47. The highest BCUT2D eigenvalue weighted by atomic mass is 16.5. The number of carbonyl (C=O) groups excluding carboxylic acids is 2. The first-order valence-electron chi connectivity index (χ1n) is 11.6. The fraction of sp³-hybridized carbons (Fsp3) is 0.682. The van der Waals surface area contributed by atoms with Gasteiger partial charge in [-0.1, -0.05) is 19.8 Å². The Bertz CT molecular complexity index is 913. The molecule has 0 aromatic carbocycles. The first-order valence-corrected chi connectivity index (χ1v) is 11.6. The summed E-state index contributed by atoms with van der Waals surface area (Å²) in [5, 5.41) is 15.4. The number of hydrogen-bond acceptors (Lipinski definition) is 7. The van der Waals surface area contributed by atoms with Crippen LogP contribution in [0.2, 0.25) is 0 Å². The second-order valence-corrected chi connectivity index (χ2v) is 8.65. The lowest BCUT2D eigenvalue weighted by Gasteiger charge is -2.32. The van der Waals surface area contributed by atoms with Gasteiger partial charge >= 0.3 is 0 Å². The molecule has 174 valence electrons. The van der Waals surface area contributed by atoms with Gasteiger partial charge in [-0.3, -0.25) is 9.59 Å². The predicted octanol–water partition coefficient (Wildman–Crippen LogP) is 2.09. The minimum Gasteiger partial charge on any atom is -0.458 e. The summed E-state index contributed by atoms with van der Waals surface area (Å²) in [6, 6.07) is 3.23. The number of aromatic nitrogens is 4. The smallest absolute Gasteiger partial charge is 0.247 e. The fourth-order valence-electron chi connectivity index (χ4n) is 4.50. The monoisotopic (exact) mass is 444 g/mol. The zero-order chi connectivity index (χ0) is 22.5. The Hall–Kier alpha value is -2.75. The van der Waals surface area contributed by atoms with Crippen molar-refractivity contribution in [3.8, 4) is 11.6 Å². The SMILES string of the molecule is CC[C@H](C(=O)NC1CCCC1)N(C[C@@H]1CCCO1)C(=O)Cn1nnc(-c2ccc(C)o2)n1. The number of aryl methyl sites for hydroxylation is 1. The van der Waals surface area contributed by atoms with Crippen molar-refractivity contribution in [3.05, 3.63) is 17.9 Å². The van der Waals surface area contributed by atoms with E-state index < -0.39 is 6.04 Å². The van der Waals surface area contributed by atoms with Gasteiger partial charge in [0.2, 0.25) is 17.6 Å². The maximum Gasteiger partial charge on any atom is 0.247 e. The molecule has 3 heterocycles. The van der Waals surface area contributed by atoms with Gasteiger partial charge in [-0.15, -0.1) is 10.2 Å². The van der Waals surface area contributed by atoms with Gasteiger partial charge in [0.25, 0.3) is 0 Å². The molecule has 1 saturated carbocycles. The van der Waals surface area contributed by atoms with Crippen LogP contribution >= 0.6 is 0 Å². The van der Waals surface area contributed by atoms with Crippen molar-refractivity contribution in [3.63, 3.8) is 0 Å². The molecule has 10 nitrogen and oxygen atoms in total. The standard InChI is InChI=1S/C22H32N6O4/c1-3-18(22(30)23-16-7-4-5-8-16)27(13-17-9-6-12-31-17)20(29)14-28-25-21(24-26-28)19-11-10-15(2)32-19/h10-11,16-18H,3-9,12-14H2,1-2H3,(H,23,30)/t17-,18+/m0/s1. The molecule has 32 heavy (non-hydrogen) atoms. The Labute approximate surface area is 187 Å². The van der Waals surface area contributed by atoms with Crippen LogP contribution < -0.4 is 5.32 Å². The molecule has 1 saturated heterocycles. The molecule has 4 rings (SSSR count). The van der Waals surface area contributed by atoms with Crippen LogP contribution in [0.5, 0.6) is 0 Å². The van der Waals surface area contributed by atoms with Crippen molar-refractivity contribution < 1.29 is 18.7 Å². The van der Waals surface area contributed by atoms with Crippen LogP contribution in [-0.4, -0.2) is 68.3 Å². The van der Waals surface area contributed by atoms with E-state index in [-0.39, 0.29) is 30.5 Å². The average molecular weight is 445 g/mol. The van der Waals surface area contributed by atoms with Gasteiger partial charge in [0.15, 0.2) is 5.76 Å². The van der Waals surface area contributed by atoms with E-state index in [2.05, 4.69) is 20.7 Å². The molecule has 1 aliphatic carbocycles. The van der Waals surface area contributed by atoms with Gasteiger partial charge in [0, 0.05) is 19.2 Å². The third kappa shape index (κ3) is 5.35. The number of nitrogens with one attached hydrogen (secondary N) is 1. The number of furan rings is 1. The van der Waals surface area contributed by atoms with Crippen LogP contribution in [0, 0.1) is 6.92 Å². The van der Waals surface area contributed by atoms with E-state index in [9.17, 15) is 9.59 Å². The summed E-state index contributed by atoms with van der Waals surface area (Å²) in [6.45, 7) is 4.73. The third-order valence-electron chi connectivity index (χ3n) is 6.20. The molecule has 2 aromatic rings. The molecule has 2 fully saturated rings. The predicted molar refractivity (Wildman–Crippen MR) is 115 cm³/mol. The molecule has 2 aromatic heterocycles. The fourth-order valence-corrected chi connectivity index (χ4v) is 4.50. The third-order valence-corrected chi connectivity index (χ3v) is 6.20. The lowest BCUT2D eigenvalue weighted by molar-refractivity contribution is -0.143. The average Bonchev–Trinajstić information content (AvgIpc) is 3.56. The quantitative estimate of drug-likeness (QED) is 0.630. The van der Waals surface area contributed by atoms with E-state index in [1.807, 2.05) is 19.9 Å². The molecule has 2 aliphatic rings. The normalized spacial score (nSPS) is 19.9. The van der Waals surface area contributed by atoms with Crippen molar-refractivity contribution in [1.29, 1.82) is 0 Å². The van der Waals surface area contributed by atoms with Gasteiger partial charge in [0.05, 0.1) is 6.10 Å². The first kappa shape index (κ1) is 22.4. The van der Waals surface area contributed by atoms with E-state index in [0.717, 1.165) is 44.3 Å². The molecule has 0 unspecified atom stereocenters. The van der Waals surface area contributed by atoms with Crippen molar-refractivity contribution in [2.75, 3.05) is 13.2 Å². The Kier molecular flexibility index (Phi) is 7.19. The molecule has 2 amide bonds. The van der Waals surface area contributed by atoms with E-state index in [0.29, 0.717) is 31.2 Å². The summed E-state index contributed by atoms with van der Waals surface area (Å²) in [7, 11) is 0. The number of nitrogens with zero attached hydrogens (tertiary/aromatic N) is 5. The van der Waals surface area contributed by atoms with Gasteiger partial charge in [-0.2, -0.15) is 4.80 Å². The molecule has 0 radical (unpaired) electrons. The van der Waals surface area contributed by atoms with Crippen molar-refractivity contribution in [2.24, 2.45) is 0 Å². The lowest BCUT2D eigenvalue weighted by atomic mass is 10.1. The maximum absolute atomic E-state index is 13.3. The summed E-state index contributed by atoms with van der Waals surface area (Å²) < 4.78 is 11.3. The molecule has 0 spiro atoms. The van der Waals surface area contributed by atoms with Crippen LogP contribution in [0.25, 0.3) is 11.6 Å². The van der Waals surface area contributed by atoms with E-state index in [1.165, 1.54) is 4.80 Å². The lowest BCUT2D eigenvalue weighted by Crippen LogP contribution is -2.54. The molecule has 2 atom stereocenters. The van der Waals surface area contributed by atoms with Crippen LogP contribution in [0.3, 0.4) is 0 Å². The number of ether oxygens (including phenoxy) is 1. The summed E-state index contributed by atoms with van der Waals surface area (Å²) in [6.07, 6.45) is 6.59. The Morgan fingerprint density at radius 3 is 2.72 bits per heavy atom. The minimum atomic E-state index is -0.553. The zero-order valence-electron chi connectivity index (χ0n) is 18.8. The van der Waals surface area contributed by atoms with Crippen LogP contribution in [0.15, 0.2) is 16.5 Å². The minimum absolute atomic E-state index is 0.0577. The summed E-state index contributed by atoms with van der Waals surface area (Å²) in [4.78, 5) is 29.3. The van der Waals surface area contributed by atoms with Crippen molar-refractivity contribution in [1.82, 2.24) is 30.4 Å². The topological polar surface area (TPSA) is 115 Å². The van der Waals surface area contributed by atoms with Gasteiger partial charge in [-0.25, -0.2) is 0 Å². The number of hydrogen-bond donors (Lipinski definition) is 1. The first-order chi connectivity index (χ1) is 15.5. The second-order valence-electron chi connectivity index (χ2n) is 8.65. The summed E-state index contributed by atoms with van der Waals surface area (Å²) >= 11 is 0. The van der Waals surface area contributed by atoms with Crippen LogP contribution in [0.1, 0.15) is 57.6 Å². The van der Waals surface area contributed by atoms with E-state index >= 15 is 0 Å². The molecular weight excluding hydrogens is 412 g/mol. The summed E-state index contributed by atoms with van der Waals surface area (Å²) in [5.74, 6) is 1.24. The van der Waals surface area contributed by atoms with Crippen molar-refractivity contribution >= 4 is 11.8 Å². The number of rotatable bonds is 9. The second kappa shape index (κ2) is 10.2. The molecular formula is C22H32N6O4. The Morgan fingerprint density at radius 2 is 2.06 bits per heavy atom. The highest BCUT2D eigenvalue weighted by molar-refractivity contribution is 5.87. The number of tetrazole rings is 1. The highest BCUT2D eigenvalue weighted by Gasteiger charge is 2.33. The van der Waals surface area contributed by atoms with Gasteiger partial charge < -0.3 is 19.4 Å². The van der Waals surface area contributed by atoms with E-state index in [4.69, 9.17) is 9.15 Å². The van der Waals surface area contributed by atoms with Gasteiger partial charge in [-0.05, 0) is 56.4 Å². The zero-order valence-corrected chi connectivity index (χ0v) is 18.8.